The van der Waals surface area contributed by atoms with Crippen LogP contribution in [0.1, 0.15) is 20.8 Å². The Morgan fingerprint density at radius 1 is 0.889 bits per heavy atom. The molecule has 1 aromatic carbocycles. The van der Waals surface area contributed by atoms with E-state index in [1.165, 1.54) is 0 Å². The Labute approximate surface area is 109 Å². The van der Waals surface area contributed by atoms with E-state index in [9.17, 15) is 0 Å². The Kier molecular flexibility index (Phi) is 6.74. The predicted molar refractivity (Wildman–Crippen MR) is 71.6 cm³/mol. The maximum Gasteiger partial charge on any atom is 0.671 e. The minimum atomic E-state index is -3.02. The summed E-state index contributed by atoms with van der Waals surface area (Å²) in [4.78, 5) is 0. The van der Waals surface area contributed by atoms with Crippen LogP contribution in [0.2, 0.25) is 0 Å². The standard InChI is InChI=1S/C12H20N2O3Si/c1-4-15-18(16-5-2,17-6-3)14-13-12-10-8-7-9-11-12/h7-11H,4-6H2,1-3H3. The lowest BCUT2D eigenvalue weighted by Gasteiger charge is -2.21. The van der Waals surface area contributed by atoms with Crippen LogP contribution in [-0.4, -0.2) is 28.8 Å². The SMILES string of the molecule is CCO[Si](N=Nc1ccccc1)(OCC)OCC. The van der Waals surface area contributed by atoms with Gasteiger partial charge in [0.15, 0.2) is 0 Å². The molecule has 0 aliphatic carbocycles. The molecule has 5 nitrogen and oxygen atoms in total. The van der Waals surface area contributed by atoms with Gasteiger partial charge in [-0.2, -0.15) is 5.11 Å². The van der Waals surface area contributed by atoms with Crippen molar-refractivity contribution >= 4 is 14.7 Å². The van der Waals surface area contributed by atoms with E-state index in [0.29, 0.717) is 19.8 Å². The molecule has 0 aromatic heterocycles. The summed E-state index contributed by atoms with van der Waals surface area (Å²) in [5.41, 5.74) is 0.758. The summed E-state index contributed by atoms with van der Waals surface area (Å²) in [7, 11) is -3.02. The molecule has 0 bridgehead atoms. The third-order valence-corrected chi connectivity index (χ3v) is 4.33. The fraction of sp³-hybridized carbons (Fsp3) is 0.500. The van der Waals surface area contributed by atoms with Gasteiger partial charge in [-0.1, -0.05) is 18.2 Å². The molecule has 0 spiro atoms. The van der Waals surface area contributed by atoms with Gasteiger partial charge >= 0.3 is 8.97 Å². The molecule has 0 fully saturated rings. The fourth-order valence-electron chi connectivity index (χ4n) is 1.37. The molecule has 1 rings (SSSR count). The number of nitrogens with zero attached hydrogens (tertiary/aromatic N) is 2. The summed E-state index contributed by atoms with van der Waals surface area (Å²) in [6, 6.07) is 9.47. The summed E-state index contributed by atoms with van der Waals surface area (Å²) in [5, 5.41) is 4.15. The number of benzene rings is 1. The Balaban J connectivity index is 2.84. The zero-order chi connectivity index (χ0) is 13.3. The molecule has 0 amide bonds. The van der Waals surface area contributed by atoms with Crippen molar-refractivity contribution < 1.29 is 13.3 Å². The van der Waals surface area contributed by atoms with Gasteiger partial charge in [-0.3, -0.25) is 0 Å². The summed E-state index contributed by atoms with van der Waals surface area (Å²) in [6.45, 7) is 7.12. The topological polar surface area (TPSA) is 52.4 Å². The summed E-state index contributed by atoms with van der Waals surface area (Å²) in [6.07, 6.45) is 0. The Morgan fingerprint density at radius 2 is 1.39 bits per heavy atom. The van der Waals surface area contributed by atoms with Crippen LogP contribution in [0.3, 0.4) is 0 Å². The van der Waals surface area contributed by atoms with E-state index >= 15 is 0 Å². The molecule has 0 saturated heterocycles. The van der Waals surface area contributed by atoms with Crippen molar-refractivity contribution in [3.63, 3.8) is 0 Å². The van der Waals surface area contributed by atoms with Gasteiger partial charge in [-0.05, 0) is 32.9 Å². The van der Waals surface area contributed by atoms with Crippen LogP contribution in [-0.2, 0) is 13.3 Å². The summed E-state index contributed by atoms with van der Waals surface area (Å²) < 4.78 is 20.9. The van der Waals surface area contributed by atoms with Gasteiger partial charge in [-0.25, -0.2) is 0 Å². The molecule has 0 saturated carbocycles. The Bertz CT molecular complexity index is 343. The van der Waals surface area contributed by atoms with Gasteiger partial charge < -0.3 is 13.3 Å². The van der Waals surface area contributed by atoms with Gasteiger partial charge in [0.1, 0.15) is 0 Å². The molecular weight excluding hydrogens is 248 g/mol. The van der Waals surface area contributed by atoms with Crippen LogP contribution in [0.25, 0.3) is 0 Å². The molecule has 0 atom stereocenters. The van der Waals surface area contributed by atoms with Crippen molar-refractivity contribution in [1.29, 1.82) is 0 Å². The zero-order valence-corrected chi connectivity index (χ0v) is 12.1. The lowest BCUT2D eigenvalue weighted by Crippen LogP contribution is -2.44. The number of hydrogen-bond donors (Lipinski definition) is 0. The summed E-state index contributed by atoms with van der Waals surface area (Å²) >= 11 is 0. The molecule has 100 valence electrons. The van der Waals surface area contributed by atoms with Crippen molar-refractivity contribution in [3.05, 3.63) is 30.3 Å². The van der Waals surface area contributed by atoms with Gasteiger partial charge in [0, 0.05) is 19.8 Å². The Morgan fingerprint density at radius 3 is 1.83 bits per heavy atom. The first-order chi connectivity index (χ1) is 8.76. The number of hydrogen-bond acceptors (Lipinski definition) is 5. The first kappa shape index (κ1) is 15.0. The Hall–Kier alpha value is -1.08. The first-order valence-electron chi connectivity index (χ1n) is 6.16. The largest absolute Gasteiger partial charge is 0.671 e. The summed E-state index contributed by atoms with van der Waals surface area (Å²) in [5.74, 6) is 0. The molecule has 0 aliphatic heterocycles. The molecule has 0 heterocycles. The maximum atomic E-state index is 5.57. The highest BCUT2D eigenvalue weighted by atomic mass is 28.4. The van der Waals surface area contributed by atoms with Crippen LogP contribution in [0, 0.1) is 0 Å². The molecule has 0 unspecified atom stereocenters. The predicted octanol–water partition coefficient (Wildman–Crippen LogP) is 3.32. The molecule has 0 aliphatic rings. The van der Waals surface area contributed by atoms with Crippen molar-refractivity contribution in [1.82, 2.24) is 0 Å². The second-order valence-electron chi connectivity index (χ2n) is 3.36. The molecule has 1 aromatic rings. The molecule has 6 heteroatoms. The second kappa shape index (κ2) is 8.10. The monoisotopic (exact) mass is 268 g/mol. The molecule has 0 radical (unpaired) electrons. The minimum Gasteiger partial charge on any atom is -0.355 e. The van der Waals surface area contributed by atoms with E-state index in [1.807, 2.05) is 51.1 Å². The smallest absolute Gasteiger partial charge is 0.355 e. The third-order valence-electron chi connectivity index (χ3n) is 2.02. The van der Waals surface area contributed by atoms with Crippen LogP contribution in [0.15, 0.2) is 40.2 Å². The van der Waals surface area contributed by atoms with Crippen LogP contribution in [0.4, 0.5) is 5.69 Å². The zero-order valence-electron chi connectivity index (χ0n) is 11.1. The van der Waals surface area contributed by atoms with Crippen LogP contribution >= 0.6 is 0 Å². The number of rotatable bonds is 8. The van der Waals surface area contributed by atoms with Gasteiger partial charge in [-0.15, -0.1) is 4.78 Å². The average molecular weight is 268 g/mol. The maximum absolute atomic E-state index is 5.57. The second-order valence-corrected chi connectivity index (χ2v) is 5.47. The highest BCUT2D eigenvalue weighted by Crippen LogP contribution is 2.17. The van der Waals surface area contributed by atoms with E-state index in [2.05, 4.69) is 9.89 Å². The molecule has 0 N–H and O–H groups in total. The van der Waals surface area contributed by atoms with E-state index in [1.54, 1.807) is 0 Å². The van der Waals surface area contributed by atoms with E-state index in [0.717, 1.165) is 5.69 Å². The lowest BCUT2D eigenvalue weighted by molar-refractivity contribution is 0.0710. The van der Waals surface area contributed by atoms with Gasteiger partial charge in [0.2, 0.25) is 0 Å². The van der Waals surface area contributed by atoms with Crippen molar-refractivity contribution in [2.75, 3.05) is 19.8 Å². The lowest BCUT2D eigenvalue weighted by atomic mass is 10.3. The van der Waals surface area contributed by atoms with Crippen LogP contribution < -0.4 is 0 Å². The van der Waals surface area contributed by atoms with E-state index in [4.69, 9.17) is 13.3 Å². The van der Waals surface area contributed by atoms with Crippen LogP contribution in [0.5, 0.6) is 0 Å². The van der Waals surface area contributed by atoms with E-state index < -0.39 is 8.97 Å². The van der Waals surface area contributed by atoms with Crippen molar-refractivity contribution in [3.8, 4) is 0 Å². The molecule has 18 heavy (non-hydrogen) atoms. The van der Waals surface area contributed by atoms with Crippen molar-refractivity contribution in [2.24, 2.45) is 9.89 Å². The van der Waals surface area contributed by atoms with Crippen molar-refractivity contribution in [2.45, 2.75) is 20.8 Å². The minimum absolute atomic E-state index is 0.486. The van der Waals surface area contributed by atoms with Gasteiger partial charge in [0.05, 0.1) is 5.69 Å². The van der Waals surface area contributed by atoms with Gasteiger partial charge in [0.25, 0.3) is 0 Å². The fourth-order valence-corrected chi connectivity index (χ4v) is 3.13. The first-order valence-corrected chi connectivity index (χ1v) is 7.83. The highest BCUT2D eigenvalue weighted by Gasteiger charge is 2.43. The quantitative estimate of drug-likeness (QED) is 0.537. The molecular formula is C12H20N2O3Si. The average Bonchev–Trinajstić information content (AvgIpc) is 2.39. The third kappa shape index (κ3) is 4.65. The highest BCUT2D eigenvalue weighted by molar-refractivity contribution is 6.58. The van der Waals surface area contributed by atoms with E-state index in [-0.39, 0.29) is 0 Å². The normalized spacial score (nSPS) is 12.2.